The Kier molecular flexibility index (Phi) is 4.57. The van der Waals surface area contributed by atoms with Crippen molar-refractivity contribution in [2.24, 2.45) is 0 Å². The van der Waals surface area contributed by atoms with E-state index in [0.29, 0.717) is 11.1 Å². The Labute approximate surface area is 114 Å². The normalized spacial score (nSPS) is 16.9. The topological polar surface area (TPSA) is 27.0 Å². The lowest BCUT2D eigenvalue weighted by molar-refractivity contribution is 0.623. The van der Waals surface area contributed by atoms with Crippen LogP contribution in [0.4, 0.5) is 10.1 Å². The van der Waals surface area contributed by atoms with Crippen molar-refractivity contribution in [1.29, 1.82) is 5.26 Å². The van der Waals surface area contributed by atoms with Gasteiger partial charge in [-0.3, -0.25) is 0 Å². The molecule has 1 heterocycles. The molecule has 0 radical (unpaired) electrons. The summed E-state index contributed by atoms with van der Waals surface area (Å²) in [6, 6.07) is 7.31. The van der Waals surface area contributed by atoms with E-state index in [1.165, 1.54) is 25.7 Å². The minimum absolute atomic E-state index is 0.253. The largest absolute Gasteiger partial charge is 0.371 e. The van der Waals surface area contributed by atoms with Crippen molar-refractivity contribution in [3.63, 3.8) is 0 Å². The molecule has 19 heavy (non-hydrogen) atoms. The van der Waals surface area contributed by atoms with E-state index < -0.39 is 0 Å². The molecule has 0 aromatic heterocycles. The molecule has 0 spiro atoms. The van der Waals surface area contributed by atoms with Gasteiger partial charge in [0.2, 0.25) is 0 Å². The lowest BCUT2D eigenvalue weighted by Crippen LogP contribution is -2.23. The van der Waals surface area contributed by atoms with E-state index >= 15 is 0 Å². The molecule has 0 amide bonds. The van der Waals surface area contributed by atoms with E-state index in [1.807, 2.05) is 12.1 Å². The average Bonchev–Trinajstić information content (AvgIpc) is 2.69. The van der Waals surface area contributed by atoms with Gasteiger partial charge in [0.25, 0.3) is 0 Å². The van der Waals surface area contributed by atoms with Gasteiger partial charge in [-0.05, 0) is 44.0 Å². The quantitative estimate of drug-likeness (QED) is 0.746. The van der Waals surface area contributed by atoms with Crippen molar-refractivity contribution in [1.82, 2.24) is 0 Å². The van der Waals surface area contributed by atoms with Gasteiger partial charge in [0, 0.05) is 29.9 Å². The summed E-state index contributed by atoms with van der Waals surface area (Å²) in [5.74, 6) is -0.253. The smallest absolute Gasteiger partial charge is 0.132 e. The molecule has 0 bridgehead atoms. The van der Waals surface area contributed by atoms with Crippen LogP contribution in [0.15, 0.2) is 23.8 Å². The van der Waals surface area contributed by atoms with Crippen LogP contribution in [-0.4, -0.2) is 13.1 Å². The molecule has 0 saturated carbocycles. The molecule has 0 unspecified atom stereocenters. The number of benzene rings is 1. The van der Waals surface area contributed by atoms with Crippen LogP contribution in [0.3, 0.4) is 0 Å². The Balaban J connectivity index is 2.21. The molecule has 2 nitrogen and oxygen atoms in total. The molecule has 0 aliphatic carbocycles. The van der Waals surface area contributed by atoms with Crippen LogP contribution in [0.25, 0.3) is 6.08 Å². The standard InChI is InChI=1S/C16H19FN2/c1-13(12-18)10-14-6-7-15(11-16(14)17)19-8-4-2-3-5-9-19/h6-7,10-11H,2-5,8-9H2,1H3/b13-10+. The second kappa shape index (κ2) is 6.38. The Morgan fingerprint density at radius 1 is 1.26 bits per heavy atom. The fraction of sp³-hybridized carbons (Fsp3) is 0.438. The third-order valence-corrected chi connectivity index (χ3v) is 3.50. The number of hydrogen-bond acceptors (Lipinski definition) is 2. The fourth-order valence-corrected chi connectivity index (χ4v) is 2.42. The van der Waals surface area contributed by atoms with E-state index in [0.717, 1.165) is 18.8 Å². The van der Waals surface area contributed by atoms with Crippen LogP contribution in [-0.2, 0) is 0 Å². The summed E-state index contributed by atoms with van der Waals surface area (Å²) in [5.41, 5.74) is 1.95. The minimum atomic E-state index is -0.253. The molecule has 1 fully saturated rings. The van der Waals surface area contributed by atoms with Crippen LogP contribution >= 0.6 is 0 Å². The number of anilines is 1. The van der Waals surface area contributed by atoms with Crippen molar-refractivity contribution in [2.75, 3.05) is 18.0 Å². The highest BCUT2D eigenvalue weighted by molar-refractivity contribution is 5.60. The molecule has 1 saturated heterocycles. The number of allylic oxidation sites excluding steroid dienone is 1. The predicted molar refractivity (Wildman–Crippen MR) is 76.3 cm³/mol. The SMILES string of the molecule is C/C(C#N)=C\c1ccc(N2CCCCCC2)cc1F. The monoisotopic (exact) mass is 258 g/mol. The lowest BCUT2D eigenvalue weighted by atomic mass is 10.1. The fourth-order valence-electron chi connectivity index (χ4n) is 2.42. The van der Waals surface area contributed by atoms with Crippen molar-refractivity contribution >= 4 is 11.8 Å². The van der Waals surface area contributed by atoms with Crippen molar-refractivity contribution < 1.29 is 4.39 Å². The summed E-state index contributed by atoms with van der Waals surface area (Å²) in [6.07, 6.45) is 6.47. The van der Waals surface area contributed by atoms with Gasteiger partial charge in [0.1, 0.15) is 5.82 Å². The van der Waals surface area contributed by atoms with Crippen molar-refractivity contribution in [3.8, 4) is 6.07 Å². The first kappa shape index (κ1) is 13.6. The highest BCUT2D eigenvalue weighted by atomic mass is 19.1. The molecule has 1 aromatic carbocycles. The lowest BCUT2D eigenvalue weighted by Gasteiger charge is -2.22. The van der Waals surface area contributed by atoms with E-state index in [9.17, 15) is 4.39 Å². The summed E-state index contributed by atoms with van der Waals surface area (Å²) in [7, 11) is 0. The third-order valence-electron chi connectivity index (χ3n) is 3.50. The summed E-state index contributed by atoms with van der Waals surface area (Å²) in [4.78, 5) is 2.25. The van der Waals surface area contributed by atoms with Crippen LogP contribution in [0.5, 0.6) is 0 Å². The van der Waals surface area contributed by atoms with E-state index in [1.54, 1.807) is 25.1 Å². The Hall–Kier alpha value is -1.82. The first-order valence-corrected chi connectivity index (χ1v) is 6.83. The maximum atomic E-state index is 14.0. The summed E-state index contributed by atoms with van der Waals surface area (Å²) >= 11 is 0. The Bertz CT molecular complexity index is 506. The van der Waals surface area contributed by atoms with Crippen LogP contribution in [0.1, 0.15) is 38.2 Å². The highest BCUT2D eigenvalue weighted by Crippen LogP contribution is 2.23. The predicted octanol–water partition coefficient (Wildman–Crippen LogP) is 4.13. The van der Waals surface area contributed by atoms with Gasteiger partial charge in [0.15, 0.2) is 0 Å². The number of hydrogen-bond donors (Lipinski definition) is 0. The maximum absolute atomic E-state index is 14.0. The molecule has 1 aliphatic rings. The van der Waals surface area contributed by atoms with Gasteiger partial charge in [-0.1, -0.05) is 12.8 Å². The molecule has 3 heteroatoms. The molecule has 0 atom stereocenters. The van der Waals surface area contributed by atoms with Gasteiger partial charge < -0.3 is 4.90 Å². The van der Waals surface area contributed by atoms with Crippen molar-refractivity contribution in [2.45, 2.75) is 32.6 Å². The minimum Gasteiger partial charge on any atom is -0.371 e. The summed E-state index contributed by atoms with van der Waals surface area (Å²) in [5, 5.41) is 8.73. The van der Waals surface area contributed by atoms with E-state index in [2.05, 4.69) is 4.90 Å². The summed E-state index contributed by atoms with van der Waals surface area (Å²) < 4.78 is 14.0. The molecular weight excluding hydrogens is 239 g/mol. The molecule has 0 N–H and O–H groups in total. The van der Waals surface area contributed by atoms with Crippen molar-refractivity contribution in [3.05, 3.63) is 35.2 Å². The first-order valence-electron chi connectivity index (χ1n) is 6.83. The number of nitrogens with zero attached hydrogens (tertiary/aromatic N) is 2. The van der Waals surface area contributed by atoms with Gasteiger partial charge in [-0.15, -0.1) is 0 Å². The second-order valence-corrected chi connectivity index (χ2v) is 5.05. The van der Waals surface area contributed by atoms with Gasteiger partial charge in [-0.25, -0.2) is 4.39 Å². The number of halogens is 1. The Morgan fingerprint density at radius 3 is 2.53 bits per heavy atom. The van der Waals surface area contributed by atoms with Gasteiger partial charge >= 0.3 is 0 Å². The van der Waals surface area contributed by atoms with Crippen LogP contribution < -0.4 is 4.90 Å². The highest BCUT2D eigenvalue weighted by Gasteiger charge is 2.11. The number of nitriles is 1. The maximum Gasteiger partial charge on any atom is 0.132 e. The van der Waals surface area contributed by atoms with E-state index in [-0.39, 0.29) is 5.82 Å². The first-order chi connectivity index (χ1) is 9.20. The van der Waals surface area contributed by atoms with Gasteiger partial charge in [-0.2, -0.15) is 5.26 Å². The zero-order valence-electron chi connectivity index (χ0n) is 11.3. The van der Waals surface area contributed by atoms with Crippen LogP contribution in [0, 0.1) is 17.1 Å². The zero-order chi connectivity index (χ0) is 13.7. The van der Waals surface area contributed by atoms with Gasteiger partial charge in [0.05, 0.1) is 6.07 Å². The molecule has 2 rings (SSSR count). The second-order valence-electron chi connectivity index (χ2n) is 5.05. The molecule has 1 aromatic rings. The third kappa shape index (κ3) is 3.57. The Morgan fingerprint density at radius 2 is 1.95 bits per heavy atom. The van der Waals surface area contributed by atoms with E-state index in [4.69, 9.17) is 5.26 Å². The molecule has 1 aliphatic heterocycles. The molecular formula is C16H19FN2. The zero-order valence-corrected chi connectivity index (χ0v) is 11.3. The molecule has 100 valence electrons. The summed E-state index contributed by atoms with van der Waals surface area (Å²) in [6.45, 7) is 3.69. The van der Waals surface area contributed by atoms with Crippen LogP contribution in [0.2, 0.25) is 0 Å². The average molecular weight is 258 g/mol. The number of rotatable bonds is 2.